The summed E-state index contributed by atoms with van der Waals surface area (Å²) < 4.78 is 0. The summed E-state index contributed by atoms with van der Waals surface area (Å²) in [5.41, 5.74) is 0.00140. The number of carbonyl (C=O) groups excluding carboxylic acids is 1. The Morgan fingerprint density at radius 3 is 2.00 bits per heavy atom. The van der Waals surface area contributed by atoms with E-state index in [4.69, 9.17) is 4.89 Å². The standard InChI is InChI=1S/C11H14O3.B5H7/c1-11(2,3)14-13-10(12)9-7-5-4-6-8-9;1-3-5-4-2/h4-8H,1-3H3;3-5H,1-2H2. The highest BCUT2D eigenvalue weighted by Crippen LogP contribution is 2.09. The van der Waals surface area contributed by atoms with Gasteiger partial charge in [0.1, 0.15) is 5.60 Å². The molecule has 1 aromatic rings. The first kappa shape index (κ1) is 18.0. The normalized spacial score (nSPS) is 9.63. The van der Waals surface area contributed by atoms with Crippen LogP contribution >= 0.6 is 0 Å². The van der Waals surface area contributed by atoms with Gasteiger partial charge in [0, 0.05) is 21.2 Å². The van der Waals surface area contributed by atoms with Crippen molar-refractivity contribution in [1.29, 1.82) is 0 Å². The van der Waals surface area contributed by atoms with Crippen LogP contribution in [0, 0.1) is 0 Å². The first-order chi connectivity index (χ1) is 8.90. The Morgan fingerprint density at radius 2 is 1.63 bits per heavy atom. The van der Waals surface area contributed by atoms with E-state index in [-0.39, 0.29) is 0 Å². The van der Waals surface area contributed by atoms with Gasteiger partial charge in [-0.05, 0) is 32.9 Å². The van der Waals surface area contributed by atoms with Crippen LogP contribution in [0.5, 0.6) is 0 Å². The van der Waals surface area contributed by atoms with Crippen molar-refractivity contribution in [1.82, 2.24) is 0 Å². The lowest BCUT2D eigenvalue weighted by molar-refractivity contribution is -0.301. The fourth-order valence-corrected chi connectivity index (χ4v) is 1.14. The van der Waals surface area contributed by atoms with E-state index in [9.17, 15) is 4.79 Å². The largest absolute Gasteiger partial charge is 0.373 e. The monoisotopic (exact) mass is 256 g/mol. The fourth-order valence-electron chi connectivity index (χ4n) is 1.14. The van der Waals surface area contributed by atoms with Crippen molar-refractivity contribution in [3.63, 3.8) is 0 Å². The minimum Gasteiger partial charge on any atom is -0.292 e. The van der Waals surface area contributed by atoms with Crippen LogP contribution in [0.3, 0.4) is 0 Å². The first-order valence-corrected chi connectivity index (χ1v) is 6.85. The Bertz CT molecular complexity index is 351. The summed E-state index contributed by atoms with van der Waals surface area (Å²) in [6, 6.07) is 8.73. The zero-order valence-electron chi connectivity index (χ0n) is 12.7. The Kier molecular flexibility index (Phi) is 9.31. The van der Waals surface area contributed by atoms with E-state index in [0.29, 0.717) is 5.56 Å². The predicted octanol–water partition coefficient (Wildman–Crippen LogP) is -1.20. The molecule has 3 nitrogen and oxygen atoms in total. The maximum Gasteiger partial charge on any atom is 0.373 e. The molecule has 0 aliphatic heterocycles. The molecule has 0 unspecified atom stereocenters. The van der Waals surface area contributed by atoms with Crippen molar-refractivity contribution in [2.24, 2.45) is 0 Å². The average molecular weight is 255 g/mol. The molecule has 98 valence electrons. The van der Waals surface area contributed by atoms with E-state index in [0.717, 1.165) is 0 Å². The van der Waals surface area contributed by atoms with Crippen LogP contribution < -0.4 is 0 Å². The average Bonchev–Trinajstić information content (AvgIpc) is 2.38. The highest BCUT2D eigenvalue weighted by atomic mass is 17.2. The summed E-state index contributed by atoms with van der Waals surface area (Å²) in [6.45, 7) is 5.43. The zero-order valence-corrected chi connectivity index (χ0v) is 12.7. The highest BCUT2D eigenvalue weighted by Gasteiger charge is 2.15. The second kappa shape index (κ2) is 9.85. The van der Waals surface area contributed by atoms with Crippen LogP contribution in [-0.4, -0.2) is 48.2 Å². The SMILES string of the molecule is BBBBB.CC(C)(C)OOC(=O)c1ccccc1. The Morgan fingerprint density at radius 1 is 1.11 bits per heavy atom. The minimum atomic E-state index is -0.482. The molecule has 0 aliphatic rings. The van der Waals surface area contributed by atoms with Gasteiger partial charge in [-0.3, -0.25) is 4.89 Å². The summed E-state index contributed by atoms with van der Waals surface area (Å²) in [7, 11) is 8.50. The molecule has 0 fully saturated rings. The van der Waals surface area contributed by atoms with Gasteiger partial charge in [-0.2, -0.15) is 4.89 Å². The fraction of sp³-hybridized carbons (Fsp3) is 0.364. The molecule has 0 saturated heterocycles. The van der Waals surface area contributed by atoms with Crippen molar-refractivity contribution in [3.05, 3.63) is 35.9 Å². The van der Waals surface area contributed by atoms with Gasteiger partial charge in [0.2, 0.25) is 0 Å². The first-order valence-electron chi connectivity index (χ1n) is 6.85. The van der Waals surface area contributed by atoms with Crippen molar-refractivity contribution in [3.8, 4) is 0 Å². The molecular weight excluding hydrogens is 234 g/mol. The highest BCUT2D eigenvalue weighted by molar-refractivity contribution is 7.49. The summed E-state index contributed by atoms with van der Waals surface area (Å²) in [6.07, 6.45) is 0. The van der Waals surface area contributed by atoms with Crippen molar-refractivity contribution >= 4 is 42.6 Å². The van der Waals surface area contributed by atoms with Gasteiger partial charge in [-0.25, -0.2) is 4.79 Å². The summed E-state index contributed by atoms with van der Waals surface area (Å²) in [4.78, 5) is 20.9. The Labute approximate surface area is 120 Å². The summed E-state index contributed by atoms with van der Waals surface area (Å²) >= 11 is 0. The predicted molar refractivity (Wildman–Crippen MR) is 91.2 cm³/mol. The molecule has 0 radical (unpaired) electrons. The van der Waals surface area contributed by atoms with Crippen LogP contribution in [0.1, 0.15) is 31.1 Å². The maximum atomic E-state index is 11.3. The molecule has 19 heavy (non-hydrogen) atoms. The number of carbonyl (C=O) groups is 1. The maximum absolute atomic E-state index is 11.3. The molecule has 0 aromatic heterocycles. The van der Waals surface area contributed by atoms with Crippen LogP contribution in [0.25, 0.3) is 0 Å². The van der Waals surface area contributed by atoms with Crippen molar-refractivity contribution in [2.75, 3.05) is 0 Å². The van der Waals surface area contributed by atoms with E-state index in [1.807, 2.05) is 26.8 Å². The molecule has 0 amide bonds. The van der Waals surface area contributed by atoms with Gasteiger partial charge >= 0.3 is 5.97 Å². The molecule has 0 aliphatic carbocycles. The second-order valence-electron chi connectivity index (χ2n) is 5.29. The van der Waals surface area contributed by atoms with E-state index in [1.54, 1.807) is 24.3 Å². The molecule has 0 bridgehead atoms. The minimum absolute atomic E-state index is 0.472. The quantitative estimate of drug-likeness (QED) is 0.385. The van der Waals surface area contributed by atoms with E-state index in [2.05, 4.69) is 20.4 Å². The van der Waals surface area contributed by atoms with Crippen LogP contribution in [0.4, 0.5) is 0 Å². The van der Waals surface area contributed by atoms with Crippen LogP contribution in [0.15, 0.2) is 30.3 Å². The van der Waals surface area contributed by atoms with E-state index >= 15 is 0 Å². The molecule has 0 N–H and O–H groups in total. The van der Waals surface area contributed by atoms with Gasteiger partial charge in [-0.1, -0.05) is 18.2 Å². The number of benzene rings is 1. The third kappa shape index (κ3) is 10.6. The number of hydrogen-bond acceptors (Lipinski definition) is 3. The third-order valence-electron chi connectivity index (χ3n) is 2.08. The molecule has 0 heterocycles. The smallest absolute Gasteiger partial charge is 0.292 e. The number of hydrogen-bond donors (Lipinski definition) is 0. The van der Waals surface area contributed by atoms with Gasteiger partial charge in [-0.15, -0.1) is 0 Å². The van der Waals surface area contributed by atoms with Gasteiger partial charge in [0.25, 0.3) is 0 Å². The molecule has 0 atom stereocenters. The molecule has 1 aromatic carbocycles. The third-order valence-corrected chi connectivity index (χ3v) is 2.08. The second-order valence-corrected chi connectivity index (χ2v) is 5.29. The number of rotatable bonds is 4. The Hall–Kier alpha value is -1.03. The molecule has 8 heteroatoms. The lowest BCUT2D eigenvalue weighted by Crippen LogP contribution is -2.21. The van der Waals surface area contributed by atoms with Gasteiger partial charge in [0.05, 0.1) is 21.0 Å². The van der Waals surface area contributed by atoms with Gasteiger partial charge in [0.15, 0.2) is 0 Å². The van der Waals surface area contributed by atoms with Gasteiger partial charge < -0.3 is 0 Å². The summed E-state index contributed by atoms with van der Waals surface area (Å²) in [5, 5.41) is 0. The lowest BCUT2D eigenvalue weighted by Gasteiger charge is -2.16. The van der Waals surface area contributed by atoms with Crippen LogP contribution in [-0.2, 0) is 9.78 Å². The van der Waals surface area contributed by atoms with Crippen molar-refractivity contribution < 1.29 is 14.6 Å². The molecule has 1 rings (SSSR count). The topological polar surface area (TPSA) is 35.5 Å². The van der Waals surface area contributed by atoms with Crippen molar-refractivity contribution in [2.45, 2.75) is 26.4 Å². The molecule has 0 spiro atoms. The zero-order chi connectivity index (χ0) is 14.7. The lowest BCUT2D eigenvalue weighted by atomic mass is 9.08. The summed E-state index contributed by atoms with van der Waals surface area (Å²) in [5.74, 6) is -0.472. The Balaban J connectivity index is 0.000000555. The molecular formula is C11H21B5O3. The molecule has 0 saturated carbocycles. The van der Waals surface area contributed by atoms with E-state index in [1.165, 1.54) is 21.2 Å². The van der Waals surface area contributed by atoms with Crippen LogP contribution in [0.2, 0.25) is 0 Å². The van der Waals surface area contributed by atoms with E-state index < -0.39 is 11.6 Å².